The molecule has 0 radical (unpaired) electrons. The van der Waals surface area contributed by atoms with Crippen LogP contribution < -0.4 is 0 Å². The van der Waals surface area contributed by atoms with E-state index in [0.717, 1.165) is 83.5 Å². The van der Waals surface area contributed by atoms with E-state index < -0.39 is 6.10 Å². The zero-order chi connectivity index (χ0) is 55.7. The van der Waals surface area contributed by atoms with Gasteiger partial charge in [-0.25, -0.2) is 0 Å². The van der Waals surface area contributed by atoms with E-state index in [-0.39, 0.29) is 31.1 Å². The fourth-order valence-electron chi connectivity index (χ4n) is 9.96. The molecule has 0 heterocycles. The van der Waals surface area contributed by atoms with Gasteiger partial charge in [0.25, 0.3) is 0 Å². The molecule has 0 aromatic carbocycles. The van der Waals surface area contributed by atoms with Crippen LogP contribution >= 0.6 is 0 Å². The van der Waals surface area contributed by atoms with Gasteiger partial charge >= 0.3 is 17.9 Å². The van der Waals surface area contributed by atoms with Crippen molar-refractivity contribution < 1.29 is 28.6 Å². The van der Waals surface area contributed by atoms with Gasteiger partial charge in [0.05, 0.1) is 0 Å². The monoisotopic (exact) mass is 1080 g/mol. The zero-order valence-corrected chi connectivity index (χ0v) is 51.5. The second-order valence-corrected chi connectivity index (χ2v) is 22.7. The van der Waals surface area contributed by atoms with Crippen molar-refractivity contribution in [2.24, 2.45) is 0 Å². The van der Waals surface area contributed by atoms with Gasteiger partial charge in [-0.05, 0) is 83.5 Å². The lowest BCUT2D eigenvalue weighted by Crippen LogP contribution is -2.30. The maximum atomic E-state index is 12.9. The molecule has 6 heteroatoms. The third-order valence-electron chi connectivity index (χ3n) is 15.0. The van der Waals surface area contributed by atoms with Gasteiger partial charge in [0.2, 0.25) is 0 Å². The minimum Gasteiger partial charge on any atom is -0.462 e. The number of carbonyl (C=O) groups excluding carboxylic acids is 3. The Kier molecular flexibility index (Phi) is 63.2. The third kappa shape index (κ3) is 63.8. The van der Waals surface area contributed by atoms with Gasteiger partial charge in [0.1, 0.15) is 13.2 Å². The second-order valence-electron chi connectivity index (χ2n) is 22.7. The SMILES string of the molecule is CC/C=C\C/C=C\C/C=C\C/C=C\CCCCCCCCCCCCC(=O)OCC(COC(=O)CCCCCCCCCCCCCCCCC)OC(=O)CCCCCCCCCCC/C=C\CCCCCCCCCC. The molecule has 0 saturated heterocycles. The molecule has 1 unspecified atom stereocenters. The molecule has 0 rings (SSSR count). The van der Waals surface area contributed by atoms with Crippen molar-refractivity contribution in [3.05, 3.63) is 60.8 Å². The van der Waals surface area contributed by atoms with Crippen molar-refractivity contribution in [1.82, 2.24) is 0 Å². The Labute approximate surface area is 479 Å². The quantitative estimate of drug-likeness (QED) is 0.0261. The van der Waals surface area contributed by atoms with Crippen molar-refractivity contribution in [3.8, 4) is 0 Å². The summed E-state index contributed by atoms with van der Waals surface area (Å²) < 4.78 is 17.0. The fraction of sp³-hybridized carbons (Fsp3) is 0.817. The lowest BCUT2D eigenvalue weighted by atomic mass is 10.0. The Balaban J connectivity index is 4.32. The number of hydrogen-bond donors (Lipinski definition) is 0. The smallest absolute Gasteiger partial charge is 0.306 e. The molecule has 1 atom stereocenters. The average Bonchev–Trinajstić information content (AvgIpc) is 3.43. The Morgan fingerprint density at radius 1 is 0.273 bits per heavy atom. The molecular weight excluding hydrogens is 949 g/mol. The van der Waals surface area contributed by atoms with Crippen molar-refractivity contribution in [1.29, 1.82) is 0 Å². The molecule has 0 fully saturated rings. The number of rotatable bonds is 62. The maximum Gasteiger partial charge on any atom is 0.306 e. The van der Waals surface area contributed by atoms with E-state index >= 15 is 0 Å². The lowest BCUT2D eigenvalue weighted by Gasteiger charge is -2.18. The normalized spacial score (nSPS) is 12.4. The number of unbranched alkanes of at least 4 members (excludes halogenated alkanes) is 41. The molecule has 0 aliphatic heterocycles. The van der Waals surface area contributed by atoms with E-state index in [1.165, 1.54) is 231 Å². The molecule has 6 nitrogen and oxygen atoms in total. The summed E-state index contributed by atoms with van der Waals surface area (Å²) in [6, 6.07) is 0. The van der Waals surface area contributed by atoms with Crippen LogP contribution in [0.1, 0.15) is 355 Å². The van der Waals surface area contributed by atoms with E-state index in [4.69, 9.17) is 14.2 Å². The van der Waals surface area contributed by atoms with Gasteiger partial charge in [-0.3, -0.25) is 14.4 Å². The molecule has 0 aromatic heterocycles. The van der Waals surface area contributed by atoms with Gasteiger partial charge in [-0.15, -0.1) is 0 Å². The van der Waals surface area contributed by atoms with Crippen LogP contribution in [0.4, 0.5) is 0 Å². The highest BCUT2D eigenvalue weighted by Crippen LogP contribution is 2.17. The summed E-state index contributed by atoms with van der Waals surface area (Å²) in [4.78, 5) is 38.4. The molecule has 0 aliphatic carbocycles. The minimum atomic E-state index is -0.776. The van der Waals surface area contributed by atoms with E-state index in [1.54, 1.807) is 0 Å². The van der Waals surface area contributed by atoms with E-state index in [2.05, 4.69) is 81.5 Å². The summed E-state index contributed by atoms with van der Waals surface area (Å²) in [5.41, 5.74) is 0. The van der Waals surface area contributed by atoms with E-state index in [9.17, 15) is 14.4 Å². The van der Waals surface area contributed by atoms with Gasteiger partial charge < -0.3 is 14.2 Å². The molecule has 0 amide bonds. The molecule has 0 aliphatic rings. The van der Waals surface area contributed by atoms with Crippen molar-refractivity contribution >= 4 is 17.9 Å². The first-order valence-electron chi connectivity index (χ1n) is 33.8. The molecule has 0 spiro atoms. The highest BCUT2D eigenvalue weighted by Gasteiger charge is 2.19. The number of esters is 3. The van der Waals surface area contributed by atoms with Crippen LogP contribution in [-0.2, 0) is 28.6 Å². The summed E-state index contributed by atoms with van der Waals surface area (Å²) in [7, 11) is 0. The average molecular weight is 1080 g/mol. The summed E-state index contributed by atoms with van der Waals surface area (Å²) in [5.74, 6) is -0.856. The summed E-state index contributed by atoms with van der Waals surface area (Å²) in [6.45, 7) is 6.58. The number of carbonyl (C=O) groups is 3. The van der Waals surface area contributed by atoms with Crippen molar-refractivity contribution in [2.45, 2.75) is 361 Å². The van der Waals surface area contributed by atoms with E-state index in [0.29, 0.717) is 19.3 Å². The second kappa shape index (κ2) is 65.6. The van der Waals surface area contributed by atoms with Crippen LogP contribution in [0.2, 0.25) is 0 Å². The van der Waals surface area contributed by atoms with Crippen LogP contribution in [-0.4, -0.2) is 37.2 Å². The first-order valence-corrected chi connectivity index (χ1v) is 33.8. The third-order valence-corrected chi connectivity index (χ3v) is 15.0. The van der Waals surface area contributed by atoms with Crippen molar-refractivity contribution in [2.75, 3.05) is 13.2 Å². The molecule has 448 valence electrons. The van der Waals surface area contributed by atoms with Crippen molar-refractivity contribution in [3.63, 3.8) is 0 Å². The van der Waals surface area contributed by atoms with Gasteiger partial charge in [-0.1, -0.05) is 313 Å². The maximum absolute atomic E-state index is 12.9. The molecule has 0 saturated carbocycles. The molecule has 0 aromatic rings. The van der Waals surface area contributed by atoms with Crippen LogP contribution in [0.15, 0.2) is 60.8 Å². The highest BCUT2D eigenvalue weighted by atomic mass is 16.6. The Morgan fingerprint density at radius 2 is 0.506 bits per heavy atom. The van der Waals surface area contributed by atoms with Crippen LogP contribution in [0.3, 0.4) is 0 Å². The van der Waals surface area contributed by atoms with Gasteiger partial charge in [0, 0.05) is 19.3 Å². The molecule has 0 bridgehead atoms. The van der Waals surface area contributed by atoms with Crippen LogP contribution in [0.25, 0.3) is 0 Å². The summed E-state index contributed by atoms with van der Waals surface area (Å²) in [5, 5.41) is 0. The Hall–Kier alpha value is -2.89. The highest BCUT2D eigenvalue weighted by molar-refractivity contribution is 5.71. The Morgan fingerprint density at radius 3 is 0.805 bits per heavy atom. The largest absolute Gasteiger partial charge is 0.462 e. The Bertz CT molecular complexity index is 1380. The lowest BCUT2D eigenvalue weighted by molar-refractivity contribution is -0.167. The first-order chi connectivity index (χ1) is 38.0. The fourth-order valence-corrected chi connectivity index (χ4v) is 9.96. The molecule has 77 heavy (non-hydrogen) atoms. The summed E-state index contributed by atoms with van der Waals surface area (Å²) >= 11 is 0. The standard InChI is InChI=1S/C71H128O6/c1-4-7-10-13-16-19-22-25-28-30-32-34-35-37-38-40-43-46-49-52-55-58-61-64-70(73)76-67-68(66-75-69(72)63-60-57-54-51-48-45-42-27-24-21-18-15-12-9-6-3)77-71(74)65-62-59-56-53-50-47-44-41-39-36-33-31-29-26-23-20-17-14-11-8-5-2/h7,10,16,19,25,28,31-34,68H,4-6,8-9,11-15,17-18,20-24,26-27,29-30,35-67H2,1-3H3/b10-7-,19-16-,28-25-,33-31-,34-32-. The van der Waals surface area contributed by atoms with Crippen LogP contribution in [0.5, 0.6) is 0 Å². The summed E-state index contributed by atoms with van der Waals surface area (Å²) in [6.07, 6.45) is 83.7. The minimum absolute atomic E-state index is 0.0719. The number of ether oxygens (including phenoxy) is 3. The predicted molar refractivity (Wildman–Crippen MR) is 335 cm³/mol. The van der Waals surface area contributed by atoms with E-state index in [1.807, 2.05) is 0 Å². The zero-order valence-electron chi connectivity index (χ0n) is 51.5. The van der Waals surface area contributed by atoms with Gasteiger partial charge in [-0.2, -0.15) is 0 Å². The topological polar surface area (TPSA) is 78.9 Å². The van der Waals surface area contributed by atoms with Crippen LogP contribution in [0, 0.1) is 0 Å². The number of hydrogen-bond acceptors (Lipinski definition) is 6. The molecular formula is C71H128O6. The first kappa shape index (κ1) is 74.1. The molecule has 0 N–H and O–H groups in total. The number of allylic oxidation sites excluding steroid dienone is 10. The predicted octanol–water partition coefficient (Wildman–Crippen LogP) is 23.1. The van der Waals surface area contributed by atoms with Gasteiger partial charge in [0.15, 0.2) is 6.10 Å².